The number of aryl methyl sites for hydroxylation is 1. The molecule has 42 heavy (non-hydrogen) atoms. The Bertz CT molecular complexity index is 1960. The molecule has 0 spiro atoms. The summed E-state index contributed by atoms with van der Waals surface area (Å²) < 4.78 is 9.91. The van der Waals surface area contributed by atoms with Gasteiger partial charge in [-0.3, -0.25) is 14.4 Å². The van der Waals surface area contributed by atoms with Crippen LogP contribution in [0.2, 0.25) is 0 Å². The van der Waals surface area contributed by atoms with Crippen molar-refractivity contribution in [2.75, 3.05) is 5.32 Å². The minimum absolute atomic E-state index is 0.176. The summed E-state index contributed by atoms with van der Waals surface area (Å²) in [5.41, 5.74) is 3.86. The lowest BCUT2D eigenvalue weighted by Crippen LogP contribution is -2.33. The standard InChI is InChI=1S/C32H25N5O4S/c1-19-26-28(35-37(30(26)40)32-34-23-14-8-9-15-24(23)42-32)27-22(29(39)33-21-12-6-3-7-13-21)18-25(38)41-31(27)36(19)17-16-20-10-4-2-5-11-20/h2-15,22H,16-18H2,1H3,(H,33,39). The number of esters is 1. The van der Waals surface area contributed by atoms with E-state index in [1.807, 2.05) is 84.3 Å². The van der Waals surface area contributed by atoms with Gasteiger partial charge in [0.05, 0.1) is 33.7 Å². The summed E-state index contributed by atoms with van der Waals surface area (Å²) in [4.78, 5) is 45.3. The second-order valence-electron chi connectivity index (χ2n) is 10.2. The molecule has 3 aliphatic heterocycles. The SMILES string of the molecule is Cc1c2c(=O)n(-c3nc4ccccc4s3)nc-2c2c(n1CCc1ccccc1)OC(=O)CC2C(=O)Nc1ccccc1. The number of ether oxygens (including phenoxy) is 1. The second kappa shape index (κ2) is 10.4. The van der Waals surface area contributed by atoms with Gasteiger partial charge in [0, 0.05) is 17.9 Å². The van der Waals surface area contributed by atoms with Crippen LogP contribution >= 0.6 is 11.3 Å². The lowest BCUT2D eigenvalue weighted by molar-refractivity contribution is -0.138. The fraction of sp³-hybridized carbons (Fsp3) is 0.156. The summed E-state index contributed by atoms with van der Waals surface area (Å²) in [5, 5.41) is 8.10. The molecule has 10 heteroatoms. The van der Waals surface area contributed by atoms with Crippen LogP contribution in [0.4, 0.5) is 5.69 Å². The molecule has 0 fully saturated rings. The van der Waals surface area contributed by atoms with E-state index in [0.29, 0.717) is 46.3 Å². The Morgan fingerprint density at radius 1 is 1.00 bits per heavy atom. The summed E-state index contributed by atoms with van der Waals surface area (Å²) in [6.45, 7) is 2.25. The van der Waals surface area contributed by atoms with E-state index >= 15 is 0 Å². The molecule has 3 aliphatic rings. The van der Waals surface area contributed by atoms with E-state index in [-0.39, 0.29) is 23.8 Å². The molecule has 1 aromatic heterocycles. The topological polar surface area (TPSA) is 108 Å². The first-order chi connectivity index (χ1) is 20.5. The van der Waals surface area contributed by atoms with Crippen LogP contribution in [-0.4, -0.2) is 31.2 Å². The monoisotopic (exact) mass is 575 g/mol. The number of thiazole rings is 1. The molecule has 0 radical (unpaired) electrons. The number of aromatic nitrogens is 4. The van der Waals surface area contributed by atoms with Crippen molar-refractivity contribution in [1.82, 2.24) is 19.3 Å². The van der Waals surface area contributed by atoms with Crippen LogP contribution in [0.25, 0.3) is 26.6 Å². The molecule has 208 valence electrons. The van der Waals surface area contributed by atoms with Gasteiger partial charge in [0.25, 0.3) is 5.56 Å². The quantitative estimate of drug-likeness (QED) is 0.269. The fourth-order valence-electron chi connectivity index (χ4n) is 5.50. The largest absolute Gasteiger partial charge is 0.409 e. The number of benzene rings is 3. The van der Waals surface area contributed by atoms with Crippen molar-refractivity contribution in [2.24, 2.45) is 0 Å². The molecule has 9 nitrogen and oxygen atoms in total. The van der Waals surface area contributed by atoms with Gasteiger partial charge < -0.3 is 14.6 Å². The zero-order valence-electron chi connectivity index (χ0n) is 22.6. The molecule has 1 unspecified atom stereocenters. The zero-order valence-corrected chi connectivity index (χ0v) is 23.4. The van der Waals surface area contributed by atoms with Crippen molar-refractivity contribution >= 4 is 39.1 Å². The van der Waals surface area contributed by atoms with Crippen molar-refractivity contribution in [3.63, 3.8) is 0 Å². The number of nitrogens with one attached hydrogen (secondary N) is 1. The summed E-state index contributed by atoms with van der Waals surface area (Å²) in [6.07, 6.45) is 0.452. The number of nitrogens with zero attached hydrogens (tertiary/aromatic N) is 4. The number of pyridine rings is 1. The fourth-order valence-corrected chi connectivity index (χ4v) is 6.42. The molecule has 0 aliphatic carbocycles. The van der Waals surface area contributed by atoms with Gasteiger partial charge in [-0.05, 0) is 43.2 Å². The number of carbonyl (C=O) groups excluding carboxylic acids is 2. The van der Waals surface area contributed by atoms with Crippen molar-refractivity contribution < 1.29 is 14.3 Å². The lowest BCUT2D eigenvalue weighted by atomic mass is 9.88. The maximum absolute atomic E-state index is 14.0. The van der Waals surface area contributed by atoms with Gasteiger partial charge >= 0.3 is 5.97 Å². The van der Waals surface area contributed by atoms with Gasteiger partial charge in [0.1, 0.15) is 5.69 Å². The summed E-state index contributed by atoms with van der Waals surface area (Å²) in [6, 6.07) is 26.6. The molecule has 1 N–H and O–H groups in total. The van der Waals surface area contributed by atoms with Crippen LogP contribution in [0.15, 0.2) is 89.7 Å². The third kappa shape index (κ3) is 4.46. The summed E-state index contributed by atoms with van der Waals surface area (Å²) in [7, 11) is 0. The third-order valence-electron chi connectivity index (χ3n) is 7.56. The predicted molar refractivity (Wildman–Crippen MR) is 161 cm³/mol. The van der Waals surface area contributed by atoms with Gasteiger partial charge in [-0.1, -0.05) is 72.0 Å². The Morgan fingerprint density at radius 3 is 2.48 bits per heavy atom. The van der Waals surface area contributed by atoms with E-state index in [2.05, 4.69) is 10.3 Å². The van der Waals surface area contributed by atoms with Crippen molar-refractivity contribution in [3.05, 3.63) is 112 Å². The normalized spacial score (nSPS) is 14.6. The van der Waals surface area contributed by atoms with Gasteiger partial charge in [-0.15, -0.1) is 0 Å². The molecular weight excluding hydrogens is 550 g/mol. The Kier molecular flexibility index (Phi) is 6.39. The number of hydrogen-bond donors (Lipinski definition) is 1. The molecule has 7 rings (SSSR count). The number of hydrogen-bond acceptors (Lipinski definition) is 7. The first-order valence-electron chi connectivity index (χ1n) is 13.6. The smallest absolute Gasteiger partial charge is 0.313 e. The van der Waals surface area contributed by atoms with Crippen molar-refractivity contribution in [3.8, 4) is 22.3 Å². The number of para-hydroxylation sites is 2. The minimum atomic E-state index is -0.911. The van der Waals surface area contributed by atoms with Crippen LogP contribution in [0.3, 0.4) is 0 Å². The number of anilines is 1. The average molecular weight is 576 g/mol. The minimum Gasteiger partial charge on any atom is -0.409 e. The van der Waals surface area contributed by atoms with Crippen LogP contribution in [0.1, 0.15) is 29.2 Å². The highest BCUT2D eigenvalue weighted by Crippen LogP contribution is 2.43. The van der Waals surface area contributed by atoms with Crippen LogP contribution in [-0.2, 0) is 22.6 Å². The predicted octanol–water partition coefficient (Wildman–Crippen LogP) is 5.33. The van der Waals surface area contributed by atoms with Crippen molar-refractivity contribution in [2.45, 2.75) is 32.2 Å². The van der Waals surface area contributed by atoms with Gasteiger partial charge in [-0.25, -0.2) is 4.98 Å². The highest BCUT2D eigenvalue weighted by molar-refractivity contribution is 7.20. The Labute approximate surface area is 244 Å². The summed E-state index contributed by atoms with van der Waals surface area (Å²) in [5.74, 6) is -1.56. The second-order valence-corrected chi connectivity index (χ2v) is 11.2. The van der Waals surface area contributed by atoms with E-state index in [0.717, 1.165) is 15.8 Å². The van der Waals surface area contributed by atoms with E-state index in [1.54, 1.807) is 12.1 Å². The van der Waals surface area contributed by atoms with E-state index in [1.165, 1.54) is 16.0 Å². The number of carbonyl (C=O) groups is 2. The molecule has 4 aromatic rings. The highest BCUT2D eigenvalue weighted by Gasteiger charge is 2.41. The van der Waals surface area contributed by atoms with E-state index < -0.39 is 11.9 Å². The van der Waals surface area contributed by atoms with E-state index in [4.69, 9.17) is 9.84 Å². The average Bonchev–Trinajstić information content (AvgIpc) is 3.58. The molecular formula is C32H25N5O4S. The van der Waals surface area contributed by atoms with Gasteiger partial charge in [-0.2, -0.15) is 9.78 Å². The van der Waals surface area contributed by atoms with E-state index in [9.17, 15) is 14.4 Å². The third-order valence-corrected chi connectivity index (χ3v) is 8.57. The molecule has 1 atom stereocenters. The maximum Gasteiger partial charge on any atom is 0.313 e. The highest BCUT2D eigenvalue weighted by atomic mass is 32.1. The first kappa shape index (κ1) is 25.8. The number of amides is 1. The Hall–Kier alpha value is -5.09. The number of rotatable bonds is 6. The molecule has 3 aromatic carbocycles. The zero-order chi connectivity index (χ0) is 28.8. The van der Waals surface area contributed by atoms with Crippen LogP contribution < -0.4 is 15.6 Å². The van der Waals surface area contributed by atoms with Crippen molar-refractivity contribution in [1.29, 1.82) is 0 Å². The molecule has 0 bridgehead atoms. The molecule has 0 saturated heterocycles. The Balaban J connectivity index is 1.42. The molecule has 4 heterocycles. The molecule has 0 saturated carbocycles. The maximum atomic E-state index is 14.0. The van der Waals surface area contributed by atoms with Crippen LogP contribution in [0, 0.1) is 6.92 Å². The van der Waals surface area contributed by atoms with Gasteiger partial charge in [0.2, 0.25) is 16.9 Å². The van der Waals surface area contributed by atoms with Gasteiger partial charge in [0.15, 0.2) is 0 Å². The number of fused-ring (bicyclic) bond motifs is 4. The Morgan fingerprint density at radius 2 is 1.71 bits per heavy atom. The van der Waals surface area contributed by atoms with Crippen LogP contribution in [0.5, 0.6) is 5.88 Å². The first-order valence-corrected chi connectivity index (χ1v) is 14.4. The molecule has 1 amide bonds. The lowest BCUT2D eigenvalue weighted by Gasteiger charge is -2.29. The summed E-state index contributed by atoms with van der Waals surface area (Å²) >= 11 is 1.36.